The first-order valence-corrected chi connectivity index (χ1v) is 3.26. The predicted molar refractivity (Wildman–Crippen MR) is 36.5 cm³/mol. The lowest BCUT2D eigenvalue weighted by Gasteiger charge is -2.15. The van der Waals surface area contributed by atoms with Gasteiger partial charge in [0.2, 0.25) is 0 Å². The monoisotopic (exact) mass is 125 g/mol. The number of hydrogen-bond donors (Lipinski definition) is 0. The number of rotatable bonds is 1. The fourth-order valence-corrected chi connectivity index (χ4v) is 0.869. The molecule has 1 rings (SSSR count). The molecule has 1 aliphatic heterocycles. The van der Waals surface area contributed by atoms with Gasteiger partial charge in [0.1, 0.15) is 0 Å². The summed E-state index contributed by atoms with van der Waals surface area (Å²) < 4.78 is 0. The minimum Gasteiger partial charge on any atom is -0.272 e. The second-order valence-corrected chi connectivity index (χ2v) is 2.74. The van der Waals surface area contributed by atoms with Crippen LogP contribution in [-0.4, -0.2) is 12.1 Å². The minimum atomic E-state index is -0.167. The normalized spacial score (nSPS) is 33.8. The third-order valence-corrected chi connectivity index (χ3v) is 2.05. The molecule has 0 spiro atoms. The lowest BCUT2D eigenvalue weighted by Crippen LogP contribution is -2.20. The molecule has 1 atom stereocenters. The van der Waals surface area contributed by atoms with Crippen molar-refractivity contribution < 1.29 is 4.79 Å². The molecule has 9 heavy (non-hydrogen) atoms. The van der Waals surface area contributed by atoms with E-state index in [0.717, 1.165) is 12.8 Å². The van der Waals surface area contributed by atoms with E-state index < -0.39 is 0 Å². The highest BCUT2D eigenvalue weighted by atomic mass is 16.1. The first-order valence-electron chi connectivity index (χ1n) is 3.26. The van der Waals surface area contributed by atoms with Gasteiger partial charge in [-0.3, -0.25) is 4.79 Å². The molecule has 0 aromatic rings. The van der Waals surface area contributed by atoms with Crippen LogP contribution in [0, 0.1) is 5.41 Å². The molecule has 0 saturated heterocycles. The summed E-state index contributed by atoms with van der Waals surface area (Å²) in [6, 6.07) is 0. The molecular formula is C7H11NO. The third-order valence-electron chi connectivity index (χ3n) is 2.05. The van der Waals surface area contributed by atoms with Crippen molar-refractivity contribution in [3.05, 3.63) is 0 Å². The number of carbonyl (C=O) groups is 1. The van der Waals surface area contributed by atoms with Gasteiger partial charge in [-0.1, -0.05) is 13.8 Å². The van der Waals surface area contributed by atoms with Gasteiger partial charge < -0.3 is 0 Å². The van der Waals surface area contributed by atoms with E-state index >= 15 is 0 Å². The summed E-state index contributed by atoms with van der Waals surface area (Å²) in [5.41, 5.74) is -0.167. The second kappa shape index (κ2) is 1.94. The smallest absolute Gasteiger partial charge is 0.251 e. The van der Waals surface area contributed by atoms with Gasteiger partial charge in [-0.25, -0.2) is 4.99 Å². The summed E-state index contributed by atoms with van der Waals surface area (Å²) in [6.45, 7) is 3.98. The fraction of sp³-hybridized carbons (Fsp3) is 0.714. The summed E-state index contributed by atoms with van der Waals surface area (Å²) in [7, 11) is 0. The van der Waals surface area contributed by atoms with Crippen LogP contribution in [0.1, 0.15) is 26.7 Å². The van der Waals surface area contributed by atoms with Crippen molar-refractivity contribution in [1.82, 2.24) is 0 Å². The number of hydrogen-bond acceptors (Lipinski definition) is 1. The maximum atomic E-state index is 10.9. The Morgan fingerprint density at radius 2 is 2.56 bits per heavy atom. The molecule has 0 aliphatic carbocycles. The molecule has 1 aliphatic rings. The van der Waals surface area contributed by atoms with Gasteiger partial charge in [0.15, 0.2) is 0 Å². The Morgan fingerprint density at radius 1 is 1.89 bits per heavy atom. The van der Waals surface area contributed by atoms with Crippen LogP contribution in [0.15, 0.2) is 4.99 Å². The fourth-order valence-electron chi connectivity index (χ4n) is 0.869. The van der Waals surface area contributed by atoms with Gasteiger partial charge in [-0.15, -0.1) is 0 Å². The van der Waals surface area contributed by atoms with E-state index in [1.807, 2.05) is 13.8 Å². The number of nitrogens with zero attached hydrogens (tertiary/aromatic N) is 1. The van der Waals surface area contributed by atoms with E-state index in [1.165, 1.54) is 0 Å². The SMILES string of the molecule is CCC1(C)CC=NC1=O. The molecule has 0 fully saturated rings. The second-order valence-electron chi connectivity index (χ2n) is 2.74. The van der Waals surface area contributed by atoms with Gasteiger partial charge in [-0.05, 0) is 12.8 Å². The van der Waals surface area contributed by atoms with Crippen LogP contribution in [0.3, 0.4) is 0 Å². The Hall–Kier alpha value is -0.660. The average Bonchev–Trinajstić information content (AvgIpc) is 2.15. The van der Waals surface area contributed by atoms with Crippen molar-refractivity contribution in [2.45, 2.75) is 26.7 Å². The minimum absolute atomic E-state index is 0.0463. The largest absolute Gasteiger partial charge is 0.272 e. The lowest BCUT2D eigenvalue weighted by atomic mass is 9.86. The average molecular weight is 125 g/mol. The standard InChI is InChI=1S/C7H11NO/c1-3-7(2)4-5-8-6(7)9/h5H,3-4H2,1-2H3. The zero-order chi connectivity index (χ0) is 6.91. The van der Waals surface area contributed by atoms with E-state index in [1.54, 1.807) is 6.21 Å². The van der Waals surface area contributed by atoms with Gasteiger partial charge >= 0.3 is 0 Å². The van der Waals surface area contributed by atoms with E-state index in [9.17, 15) is 4.79 Å². The molecule has 0 aromatic heterocycles. The molecule has 2 nitrogen and oxygen atoms in total. The summed E-state index contributed by atoms with van der Waals surface area (Å²) in [6.07, 6.45) is 3.43. The number of carbonyl (C=O) groups excluding carboxylic acids is 1. The molecule has 2 heteroatoms. The first kappa shape index (κ1) is 6.46. The quantitative estimate of drug-likeness (QED) is 0.521. The highest BCUT2D eigenvalue weighted by Gasteiger charge is 2.33. The van der Waals surface area contributed by atoms with E-state index in [2.05, 4.69) is 4.99 Å². The molecule has 0 aromatic carbocycles. The van der Waals surface area contributed by atoms with Crippen LogP contribution in [0.4, 0.5) is 0 Å². The zero-order valence-corrected chi connectivity index (χ0v) is 5.85. The van der Waals surface area contributed by atoms with Crippen LogP contribution in [-0.2, 0) is 4.79 Å². The molecule has 0 saturated carbocycles. The molecule has 0 N–H and O–H groups in total. The molecule has 1 unspecified atom stereocenters. The van der Waals surface area contributed by atoms with E-state index in [-0.39, 0.29) is 11.3 Å². The van der Waals surface area contributed by atoms with Crippen molar-refractivity contribution in [1.29, 1.82) is 0 Å². The van der Waals surface area contributed by atoms with Crippen molar-refractivity contribution in [3.63, 3.8) is 0 Å². The molecule has 50 valence electrons. The number of aliphatic imine (C=N–C) groups is 1. The molecule has 1 amide bonds. The molecular weight excluding hydrogens is 114 g/mol. The number of amides is 1. The summed E-state index contributed by atoms with van der Waals surface area (Å²) >= 11 is 0. The van der Waals surface area contributed by atoms with E-state index in [0.29, 0.717) is 0 Å². The lowest BCUT2D eigenvalue weighted by molar-refractivity contribution is -0.125. The predicted octanol–water partition coefficient (Wildman–Crippen LogP) is 1.40. The Kier molecular flexibility index (Phi) is 1.39. The maximum Gasteiger partial charge on any atom is 0.251 e. The Labute approximate surface area is 55.0 Å². The summed E-state index contributed by atoms with van der Waals surface area (Å²) in [5, 5.41) is 0. The van der Waals surface area contributed by atoms with Crippen molar-refractivity contribution >= 4 is 12.1 Å². The zero-order valence-electron chi connectivity index (χ0n) is 5.85. The Morgan fingerprint density at radius 3 is 2.78 bits per heavy atom. The maximum absolute atomic E-state index is 10.9. The van der Waals surface area contributed by atoms with Crippen molar-refractivity contribution in [3.8, 4) is 0 Å². The summed E-state index contributed by atoms with van der Waals surface area (Å²) in [4.78, 5) is 14.6. The van der Waals surface area contributed by atoms with Gasteiger partial charge in [0, 0.05) is 6.21 Å². The van der Waals surface area contributed by atoms with Crippen molar-refractivity contribution in [2.24, 2.45) is 10.4 Å². The van der Waals surface area contributed by atoms with Gasteiger partial charge in [-0.2, -0.15) is 0 Å². The van der Waals surface area contributed by atoms with Gasteiger partial charge in [0.05, 0.1) is 5.41 Å². The van der Waals surface area contributed by atoms with Crippen LogP contribution in [0.25, 0.3) is 0 Å². The molecule has 1 heterocycles. The Bertz CT molecular complexity index is 162. The highest BCUT2D eigenvalue weighted by Crippen LogP contribution is 2.29. The summed E-state index contributed by atoms with van der Waals surface area (Å²) in [5.74, 6) is 0.0463. The van der Waals surface area contributed by atoms with Crippen LogP contribution in [0.5, 0.6) is 0 Å². The molecule has 0 radical (unpaired) electrons. The van der Waals surface area contributed by atoms with E-state index in [4.69, 9.17) is 0 Å². The van der Waals surface area contributed by atoms with Crippen LogP contribution >= 0.6 is 0 Å². The topological polar surface area (TPSA) is 29.4 Å². The van der Waals surface area contributed by atoms with Crippen LogP contribution in [0.2, 0.25) is 0 Å². The highest BCUT2D eigenvalue weighted by molar-refractivity contribution is 5.96. The first-order chi connectivity index (χ1) is 4.19. The van der Waals surface area contributed by atoms with Gasteiger partial charge in [0.25, 0.3) is 5.91 Å². The van der Waals surface area contributed by atoms with Crippen LogP contribution < -0.4 is 0 Å². The Balaban J connectivity index is 2.74. The molecule has 0 bridgehead atoms. The third kappa shape index (κ3) is 0.889. The van der Waals surface area contributed by atoms with Crippen molar-refractivity contribution in [2.75, 3.05) is 0 Å².